The number of halogens is 6. The predicted molar refractivity (Wildman–Crippen MR) is 79.5 cm³/mol. The standard InChI is InChI=1S/C15H8F6N4O/c16-14(17,18)10-6-11(15(19,20)21)23-13-9(10)3-4-12(24-13)25-22-7-8-2-1-5-26-8/h1-7H,(H,23,24,25)/b22-7+. The highest BCUT2D eigenvalue weighted by atomic mass is 19.4. The minimum absolute atomic E-state index is 0.0355. The summed E-state index contributed by atoms with van der Waals surface area (Å²) in [5.41, 5.74) is -1.46. The van der Waals surface area contributed by atoms with E-state index < -0.39 is 34.6 Å². The summed E-state index contributed by atoms with van der Waals surface area (Å²) in [6.07, 6.45) is -7.38. The lowest BCUT2D eigenvalue weighted by atomic mass is 10.1. The van der Waals surface area contributed by atoms with Gasteiger partial charge in [-0.05, 0) is 30.3 Å². The van der Waals surface area contributed by atoms with E-state index in [1.165, 1.54) is 12.5 Å². The van der Waals surface area contributed by atoms with E-state index in [0.717, 1.165) is 12.1 Å². The molecule has 0 saturated heterocycles. The second-order valence-corrected chi connectivity index (χ2v) is 5.00. The smallest absolute Gasteiger partial charge is 0.433 e. The highest BCUT2D eigenvalue weighted by Crippen LogP contribution is 2.38. The van der Waals surface area contributed by atoms with E-state index in [9.17, 15) is 26.3 Å². The van der Waals surface area contributed by atoms with Crippen molar-refractivity contribution in [2.75, 3.05) is 5.43 Å². The third-order valence-electron chi connectivity index (χ3n) is 3.18. The average molecular weight is 374 g/mol. The minimum Gasteiger partial charge on any atom is -0.463 e. The lowest BCUT2D eigenvalue weighted by Gasteiger charge is -2.13. The Kier molecular flexibility index (Phi) is 4.30. The summed E-state index contributed by atoms with van der Waals surface area (Å²) >= 11 is 0. The Morgan fingerprint density at radius 2 is 1.77 bits per heavy atom. The van der Waals surface area contributed by atoms with Crippen LogP contribution in [-0.4, -0.2) is 16.2 Å². The molecule has 0 aliphatic carbocycles. The molecule has 0 atom stereocenters. The van der Waals surface area contributed by atoms with Crippen LogP contribution in [0.15, 0.2) is 46.1 Å². The van der Waals surface area contributed by atoms with Gasteiger partial charge in [0.05, 0.1) is 18.0 Å². The summed E-state index contributed by atoms with van der Waals surface area (Å²) in [5.74, 6) is 0.301. The van der Waals surface area contributed by atoms with Crippen molar-refractivity contribution in [2.45, 2.75) is 12.4 Å². The zero-order chi connectivity index (χ0) is 18.9. The molecule has 136 valence electrons. The lowest BCUT2D eigenvalue weighted by molar-refractivity contribution is -0.144. The molecular weight excluding hydrogens is 366 g/mol. The number of anilines is 1. The van der Waals surface area contributed by atoms with Gasteiger partial charge in [0.2, 0.25) is 0 Å². The maximum atomic E-state index is 13.1. The Morgan fingerprint density at radius 1 is 1.00 bits per heavy atom. The molecule has 0 unspecified atom stereocenters. The van der Waals surface area contributed by atoms with Crippen molar-refractivity contribution >= 4 is 23.1 Å². The Morgan fingerprint density at radius 3 is 2.38 bits per heavy atom. The van der Waals surface area contributed by atoms with Crippen LogP contribution < -0.4 is 5.43 Å². The van der Waals surface area contributed by atoms with E-state index >= 15 is 0 Å². The van der Waals surface area contributed by atoms with E-state index in [4.69, 9.17) is 4.42 Å². The molecule has 0 bridgehead atoms. The van der Waals surface area contributed by atoms with E-state index in [1.807, 2.05) is 0 Å². The molecule has 0 aliphatic rings. The lowest BCUT2D eigenvalue weighted by Crippen LogP contribution is -2.14. The van der Waals surface area contributed by atoms with Gasteiger partial charge in [0.25, 0.3) is 0 Å². The predicted octanol–water partition coefficient (Wildman–Crippen LogP) is 4.71. The van der Waals surface area contributed by atoms with E-state index in [1.54, 1.807) is 12.1 Å². The van der Waals surface area contributed by atoms with Gasteiger partial charge in [0.15, 0.2) is 5.65 Å². The number of pyridine rings is 2. The summed E-state index contributed by atoms with van der Waals surface area (Å²) < 4.78 is 82.7. The first-order valence-electron chi connectivity index (χ1n) is 6.93. The highest BCUT2D eigenvalue weighted by Gasteiger charge is 2.39. The summed E-state index contributed by atoms with van der Waals surface area (Å²) in [7, 11) is 0. The summed E-state index contributed by atoms with van der Waals surface area (Å²) in [5, 5.41) is 3.18. The Labute approximate surface area is 141 Å². The Balaban J connectivity index is 2.02. The summed E-state index contributed by atoms with van der Waals surface area (Å²) in [6, 6.07) is 5.28. The molecular formula is C15H8F6N4O. The molecule has 0 spiro atoms. The monoisotopic (exact) mass is 374 g/mol. The number of nitrogens with one attached hydrogen (secondary N) is 1. The number of aromatic nitrogens is 2. The van der Waals surface area contributed by atoms with Crippen LogP contribution in [0.2, 0.25) is 0 Å². The second kappa shape index (κ2) is 6.32. The minimum atomic E-state index is -5.04. The summed E-state index contributed by atoms with van der Waals surface area (Å²) in [4.78, 5) is 6.87. The normalized spacial score (nSPS) is 12.8. The molecule has 0 radical (unpaired) electrons. The first-order valence-corrected chi connectivity index (χ1v) is 6.93. The number of fused-ring (bicyclic) bond motifs is 1. The topological polar surface area (TPSA) is 63.3 Å². The highest BCUT2D eigenvalue weighted by molar-refractivity contribution is 5.81. The van der Waals surface area contributed by atoms with E-state index in [-0.39, 0.29) is 11.9 Å². The zero-order valence-electron chi connectivity index (χ0n) is 12.6. The fraction of sp³-hybridized carbons (Fsp3) is 0.133. The molecule has 3 aromatic heterocycles. The molecule has 26 heavy (non-hydrogen) atoms. The van der Waals surface area contributed by atoms with Gasteiger partial charge in [-0.2, -0.15) is 31.4 Å². The molecule has 0 saturated carbocycles. The van der Waals surface area contributed by atoms with Crippen molar-refractivity contribution < 1.29 is 30.8 Å². The van der Waals surface area contributed by atoms with Gasteiger partial charge < -0.3 is 4.42 Å². The van der Waals surface area contributed by atoms with E-state index in [0.29, 0.717) is 5.76 Å². The van der Waals surface area contributed by atoms with Crippen LogP contribution in [-0.2, 0) is 12.4 Å². The van der Waals surface area contributed by atoms with Gasteiger partial charge in [0.1, 0.15) is 17.3 Å². The maximum absolute atomic E-state index is 13.1. The molecule has 0 aliphatic heterocycles. The molecule has 0 amide bonds. The largest absolute Gasteiger partial charge is 0.463 e. The summed E-state index contributed by atoms with van der Waals surface area (Å²) in [6.45, 7) is 0. The van der Waals surface area contributed by atoms with Gasteiger partial charge in [-0.1, -0.05) is 0 Å². The van der Waals surface area contributed by atoms with Gasteiger partial charge in [-0.3, -0.25) is 5.43 Å². The number of furan rings is 1. The molecule has 1 N–H and O–H groups in total. The quantitative estimate of drug-likeness (QED) is 0.410. The third-order valence-corrected chi connectivity index (χ3v) is 3.18. The number of hydrogen-bond acceptors (Lipinski definition) is 5. The first-order chi connectivity index (χ1) is 12.1. The van der Waals surface area contributed by atoms with Crippen molar-refractivity contribution in [2.24, 2.45) is 5.10 Å². The molecule has 0 aromatic carbocycles. The van der Waals surface area contributed by atoms with Crippen LogP contribution in [0.25, 0.3) is 11.0 Å². The fourth-order valence-electron chi connectivity index (χ4n) is 2.07. The Bertz CT molecular complexity index is 947. The van der Waals surface area contributed by atoms with Crippen molar-refractivity contribution in [1.29, 1.82) is 0 Å². The van der Waals surface area contributed by atoms with Crippen molar-refractivity contribution in [3.05, 3.63) is 53.6 Å². The number of rotatable bonds is 3. The molecule has 0 fully saturated rings. The first kappa shape index (κ1) is 17.7. The van der Waals surface area contributed by atoms with Crippen LogP contribution in [0.5, 0.6) is 0 Å². The SMILES string of the molecule is FC(F)(F)c1cc(C(F)(F)F)c2ccc(N/N=C/c3ccco3)nc2n1. The number of hydrogen-bond donors (Lipinski definition) is 1. The van der Waals surface area contributed by atoms with Crippen LogP contribution in [0.3, 0.4) is 0 Å². The molecule has 3 aromatic rings. The van der Waals surface area contributed by atoms with Crippen molar-refractivity contribution in [3.63, 3.8) is 0 Å². The van der Waals surface area contributed by atoms with Gasteiger partial charge >= 0.3 is 12.4 Å². The molecule has 5 nitrogen and oxygen atoms in total. The second-order valence-electron chi connectivity index (χ2n) is 5.00. The third kappa shape index (κ3) is 3.76. The number of hydrazone groups is 1. The average Bonchev–Trinajstić information content (AvgIpc) is 3.05. The molecule has 11 heteroatoms. The number of nitrogens with zero attached hydrogens (tertiary/aromatic N) is 3. The van der Waals surface area contributed by atoms with Crippen molar-refractivity contribution in [3.8, 4) is 0 Å². The van der Waals surface area contributed by atoms with Crippen LogP contribution in [0.1, 0.15) is 17.0 Å². The van der Waals surface area contributed by atoms with Crippen LogP contribution >= 0.6 is 0 Å². The maximum Gasteiger partial charge on any atom is 0.433 e. The van der Waals surface area contributed by atoms with E-state index in [2.05, 4.69) is 20.5 Å². The van der Waals surface area contributed by atoms with Gasteiger partial charge in [-0.25, -0.2) is 9.97 Å². The van der Waals surface area contributed by atoms with Gasteiger partial charge in [-0.15, -0.1) is 0 Å². The van der Waals surface area contributed by atoms with Gasteiger partial charge in [0, 0.05) is 5.39 Å². The Hall–Kier alpha value is -3.11. The molecule has 3 heterocycles. The molecule has 3 rings (SSSR count). The van der Waals surface area contributed by atoms with Crippen LogP contribution in [0, 0.1) is 0 Å². The fourth-order valence-corrected chi connectivity index (χ4v) is 2.07. The number of alkyl halides is 6. The zero-order valence-corrected chi connectivity index (χ0v) is 12.6. The van der Waals surface area contributed by atoms with Crippen molar-refractivity contribution in [1.82, 2.24) is 9.97 Å². The van der Waals surface area contributed by atoms with Crippen LogP contribution in [0.4, 0.5) is 32.2 Å².